The van der Waals surface area contributed by atoms with Crippen molar-refractivity contribution in [1.82, 2.24) is 25.1 Å². The summed E-state index contributed by atoms with van der Waals surface area (Å²) in [5, 5.41) is 11.8. The fraction of sp³-hybridized carbons (Fsp3) is 0.238. The molecule has 0 unspecified atom stereocenters. The number of ether oxygens (including phenoxy) is 1. The van der Waals surface area contributed by atoms with E-state index >= 15 is 0 Å². The van der Waals surface area contributed by atoms with Gasteiger partial charge in [-0.25, -0.2) is 9.97 Å². The molecule has 0 saturated carbocycles. The highest BCUT2D eigenvalue weighted by molar-refractivity contribution is 6.29. The van der Waals surface area contributed by atoms with Crippen LogP contribution in [0.1, 0.15) is 0 Å². The average molecular weight is 437 g/mol. The quantitative estimate of drug-likeness (QED) is 0.457. The molecule has 3 aromatic heterocycles. The predicted molar refractivity (Wildman–Crippen MR) is 122 cm³/mol. The number of pyridine rings is 1. The molecule has 1 aromatic carbocycles. The third-order valence-electron chi connectivity index (χ3n) is 5.18. The Morgan fingerprint density at radius 3 is 2.90 bits per heavy atom. The van der Waals surface area contributed by atoms with Gasteiger partial charge in [-0.05, 0) is 24.3 Å². The summed E-state index contributed by atoms with van der Waals surface area (Å²) in [4.78, 5) is 17.7. The number of hydrogen-bond donors (Lipinski definition) is 2. The molecule has 0 aliphatic carbocycles. The topological polar surface area (TPSA) is 95.1 Å². The van der Waals surface area contributed by atoms with Gasteiger partial charge in [0.1, 0.15) is 16.8 Å². The number of rotatable bonds is 5. The first-order chi connectivity index (χ1) is 15.2. The molecule has 1 saturated heterocycles. The Morgan fingerprint density at radius 1 is 1.16 bits per heavy atom. The summed E-state index contributed by atoms with van der Waals surface area (Å²) in [5.74, 6) is 2.02. The lowest BCUT2D eigenvalue weighted by Crippen LogP contribution is -2.36. The van der Waals surface area contributed by atoms with Crippen LogP contribution in [0.5, 0.6) is 0 Å². The first-order valence-electron chi connectivity index (χ1n) is 9.93. The molecule has 4 aromatic rings. The molecular weight excluding hydrogens is 416 g/mol. The molecule has 0 bridgehead atoms. The Hall–Kier alpha value is -3.43. The van der Waals surface area contributed by atoms with Gasteiger partial charge < -0.3 is 19.9 Å². The summed E-state index contributed by atoms with van der Waals surface area (Å²) in [6.45, 7) is 2.92. The number of aromatic amines is 1. The third kappa shape index (κ3) is 4.10. The normalized spacial score (nSPS) is 14.1. The lowest BCUT2D eigenvalue weighted by molar-refractivity contribution is 0.122. The van der Waals surface area contributed by atoms with Crippen molar-refractivity contribution in [3.8, 4) is 0 Å². The van der Waals surface area contributed by atoms with E-state index < -0.39 is 0 Å². The van der Waals surface area contributed by atoms with Crippen molar-refractivity contribution in [2.75, 3.05) is 48.5 Å². The minimum absolute atomic E-state index is 0.409. The highest BCUT2D eigenvalue weighted by atomic mass is 35.5. The number of nitrogens with zero attached hydrogens (tertiary/aromatic N) is 6. The van der Waals surface area contributed by atoms with Crippen LogP contribution in [0.3, 0.4) is 0 Å². The molecular formula is C21H21ClN8O. The van der Waals surface area contributed by atoms with Crippen molar-refractivity contribution in [3.63, 3.8) is 0 Å². The van der Waals surface area contributed by atoms with E-state index in [1.54, 1.807) is 12.3 Å². The van der Waals surface area contributed by atoms with Crippen LogP contribution in [0.25, 0.3) is 10.9 Å². The van der Waals surface area contributed by atoms with Crippen molar-refractivity contribution in [2.45, 2.75) is 0 Å². The van der Waals surface area contributed by atoms with E-state index in [0.29, 0.717) is 24.3 Å². The average Bonchev–Trinajstić information content (AvgIpc) is 3.28. The molecule has 4 heterocycles. The number of morpholine rings is 1. The Labute approximate surface area is 184 Å². The molecule has 31 heavy (non-hydrogen) atoms. The number of benzene rings is 1. The minimum atomic E-state index is 0.409. The van der Waals surface area contributed by atoms with Crippen molar-refractivity contribution < 1.29 is 4.74 Å². The van der Waals surface area contributed by atoms with E-state index in [-0.39, 0.29) is 0 Å². The maximum atomic E-state index is 6.27. The molecule has 2 N–H and O–H groups in total. The lowest BCUT2D eigenvalue weighted by Gasteiger charge is -2.28. The SMILES string of the molecule is CN(c1ccnc(Nc2cc(Cl)nc(N3CCOCC3)c2)n1)c1cccc2[nH]ncc12. The van der Waals surface area contributed by atoms with Gasteiger partial charge in [-0.2, -0.15) is 10.1 Å². The number of nitrogens with one attached hydrogen (secondary N) is 2. The molecule has 0 amide bonds. The molecule has 158 valence electrons. The van der Waals surface area contributed by atoms with Gasteiger partial charge in [-0.1, -0.05) is 17.7 Å². The van der Waals surface area contributed by atoms with Crippen LogP contribution in [-0.4, -0.2) is 58.5 Å². The number of aromatic nitrogens is 5. The maximum absolute atomic E-state index is 6.27. The van der Waals surface area contributed by atoms with Crippen molar-refractivity contribution in [1.29, 1.82) is 0 Å². The molecule has 10 heteroatoms. The molecule has 5 rings (SSSR count). The summed E-state index contributed by atoms with van der Waals surface area (Å²) in [7, 11) is 1.97. The van der Waals surface area contributed by atoms with Crippen LogP contribution in [0.15, 0.2) is 48.8 Å². The minimum Gasteiger partial charge on any atom is -0.378 e. The van der Waals surface area contributed by atoms with Crippen molar-refractivity contribution in [2.24, 2.45) is 0 Å². The van der Waals surface area contributed by atoms with Gasteiger partial charge >= 0.3 is 0 Å². The molecule has 0 spiro atoms. The first-order valence-corrected chi connectivity index (χ1v) is 10.3. The van der Waals surface area contributed by atoms with E-state index in [9.17, 15) is 0 Å². The lowest BCUT2D eigenvalue weighted by atomic mass is 10.2. The van der Waals surface area contributed by atoms with Gasteiger partial charge in [0.05, 0.1) is 30.6 Å². The Balaban J connectivity index is 1.41. The van der Waals surface area contributed by atoms with Gasteiger partial charge in [0.25, 0.3) is 0 Å². The van der Waals surface area contributed by atoms with Gasteiger partial charge in [-0.3, -0.25) is 5.10 Å². The first kappa shape index (κ1) is 19.5. The van der Waals surface area contributed by atoms with E-state index in [1.165, 1.54) is 0 Å². The summed E-state index contributed by atoms with van der Waals surface area (Å²) in [6, 6.07) is 11.6. The van der Waals surface area contributed by atoms with Crippen LogP contribution < -0.4 is 15.1 Å². The van der Waals surface area contributed by atoms with E-state index in [1.807, 2.05) is 48.5 Å². The van der Waals surface area contributed by atoms with Gasteiger partial charge in [0.15, 0.2) is 0 Å². The Morgan fingerprint density at radius 2 is 2.03 bits per heavy atom. The van der Waals surface area contributed by atoms with Crippen molar-refractivity contribution in [3.05, 3.63) is 53.9 Å². The summed E-state index contributed by atoms with van der Waals surface area (Å²) >= 11 is 6.27. The van der Waals surface area contributed by atoms with Gasteiger partial charge in [0.2, 0.25) is 5.95 Å². The van der Waals surface area contributed by atoms with Crippen molar-refractivity contribution >= 4 is 51.5 Å². The van der Waals surface area contributed by atoms with Gasteiger partial charge in [-0.15, -0.1) is 0 Å². The summed E-state index contributed by atoms with van der Waals surface area (Å²) in [5.41, 5.74) is 2.74. The number of hydrogen-bond acceptors (Lipinski definition) is 8. The van der Waals surface area contributed by atoms with E-state index in [4.69, 9.17) is 16.3 Å². The highest BCUT2D eigenvalue weighted by Crippen LogP contribution is 2.30. The fourth-order valence-electron chi connectivity index (χ4n) is 3.60. The molecule has 0 radical (unpaired) electrons. The second kappa shape index (κ2) is 8.37. The number of H-pyrrole nitrogens is 1. The molecule has 0 atom stereocenters. The van der Waals surface area contributed by atoms with Gasteiger partial charge in [0, 0.05) is 43.5 Å². The molecule has 1 aliphatic heterocycles. The molecule has 9 nitrogen and oxygen atoms in total. The highest BCUT2D eigenvalue weighted by Gasteiger charge is 2.15. The monoisotopic (exact) mass is 436 g/mol. The number of halogens is 1. The largest absolute Gasteiger partial charge is 0.378 e. The Bertz CT molecular complexity index is 1210. The van der Waals surface area contributed by atoms with Crippen LogP contribution in [0, 0.1) is 0 Å². The Kier molecular flexibility index (Phi) is 5.27. The second-order valence-electron chi connectivity index (χ2n) is 7.17. The molecule has 1 aliphatic rings. The fourth-order valence-corrected chi connectivity index (χ4v) is 3.81. The zero-order valence-corrected chi connectivity index (χ0v) is 17.7. The van der Waals surface area contributed by atoms with Crippen LogP contribution in [0.4, 0.5) is 29.0 Å². The van der Waals surface area contributed by atoms with Crippen LogP contribution in [-0.2, 0) is 4.74 Å². The van der Waals surface area contributed by atoms with Crippen LogP contribution in [0.2, 0.25) is 5.15 Å². The van der Waals surface area contributed by atoms with E-state index in [0.717, 1.165) is 47.0 Å². The van der Waals surface area contributed by atoms with Crippen LogP contribution >= 0.6 is 11.6 Å². The summed E-state index contributed by atoms with van der Waals surface area (Å²) < 4.78 is 5.42. The third-order valence-corrected chi connectivity index (χ3v) is 5.37. The summed E-state index contributed by atoms with van der Waals surface area (Å²) in [6.07, 6.45) is 3.54. The standard InChI is InChI=1S/C21H21ClN8O/c1-29(17-4-2-3-16-15(17)13-24-28-16)19-5-6-23-21(27-19)25-14-11-18(22)26-20(12-14)30-7-9-31-10-8-30/h2-6,11-13H,7-10H2,1H3,(H,24,28)(H,23,25,26,27). The zero-order chi connectivity index (χ0) is 21.2. The van der Waals surface area contributed by atoms with E-state index in [2.05, 4.69) is 35.4 Å². The maximum Gasteiger partial charge on any atom is 0.229 e. The second-order valence-corrected chi connectivity index (χ2v) is 7.55. The zero-order valence-electron chi connectivity index (χ0n) is 16.9. The number of fused-ring (bicyclic) bond motifs is 1. The smallest absolute Gasteiger partial charge is 0.229 e. The predicted octanol–water partition coefficient (Wildman–Crippen LogP) is 3.75. The number of anilines is 5. The molecule has 1 fully saturated rings.